The van der Waals surface area contributed by atoms with Gasteiger partial charge in [-0.05, 0) is 12.3 Å². The van der Waals surface area contributed by atoms with Gasteiger partial charge in [0.15, 0.2) is 0 Å². The van der Waals surface area contributed by atoms with Gasteiger partial charge >= 0.3 is 0 Å². The molecule has 0 bridgehead atoms. The van der Waals surface area contributed by atoms with Gasteiger partial charge in [-0.25, -0.2) is 4.98 Å². The lowest BCUT2D eigenvalue weighted by Crippen LogP contribution is -1.92. The maximum atomic E-state index is 4.72. The minimum atomic E-state index is 0.582. The number of rotatable bonds is 4. The maximum absolute atomic E-state index is 4.72. The predicted molar refractivity (Wildman–Crippen MR) is 70.9 cm³/mol. The van der Waals surface area contributed by atoms with Crippen LogP contribution in [0.15, 0.2) is 35.7 Å². The number of aromatic nitrogens is 1. The Hall–Kier alpha value is -1.15. The highest BCUT2D eigenvalue weighted by Crippen LogP contribution is 2.28. The molecule has 0 spiro atoms. The second kappa shape index (κ2) is 5.26. The summed E-state index contributed by atoms with van der Waals surface area (Å²) < 4.78 is 0. The second-order valence-electron chi connectivity index (χ2n) is 4.13. The van der Waals surface area contributed by atoms with Crippen molar-refractivity contribution in [3.8, 4) is 10.6 Å². The van der Waals surface area contributed by atoms with Crippen molar-refractivity contribution >= 4 is 11.3 Å². The van der Waals surface area contributed by atoms with Crippen LogP contribution < -0.4 is 0 Å². The molecular weight excluding hydrogens is 214 g/mol. The first-order chi connectivity index (χ1) is 7.81. The third-order valence-electron chi connectivity index (χ3n) is 2.77. The maximum Gasteiger partial charge on any atom is 0.123 e. The standard InChI is InChI=1S/C14H17NS/c1-3-7-11(2)13-10-16-14(15-13)12-8-5-4-6-9-12/h4-6,8-11H,3,7H2,1-2H3. The molecule has 0 saturated heterocycles. The zero-order valence-corrected chi connectivity index (χ0v) is 10.6. The van der Waals surface area contributed by atoms with E-state index < -0.39 is 0 Å². The fourth-order valence-corrected chi connectivity index (χ4v) is 2.75. The lowest BCUT2D eigenvalue weighted by molar-refractivity contribution is 0.651. The van der Waals surface area contributed by atoms with Crippen LogP contribution in [0.1, 0.15) is 38.3 Å². The van der Waals surface area contributed by atoms with Crippen molar-refractivity contribution in [1.82, 2.24) is 4.98 Å². The molecule has 2 rings (SSSR count). The van der Waals surface area contributed by atoms with Gasteiger partial charge < -0.3 is 0 Å². The van der Waals surface area contributed by atoms with Crippen LogP contribution in [-0.4, -0.2) is 4.98 Å². The van der Waals surface area contributed by atoms with E-state index in [4.69, 9.17) is 4.98 Å². The number of hydrogen-bond donors (Lipinski definition) is 0. The smallest absolute Gasteiger partial charge is 0.123 e. The van der Waals surface area contributed by atoms with Crippen LogP contribution >= 0.6 is 11.3 Å². The summed E-state index contributed by atoms with van der Waals surface area (Å²) in [6, 6.07) is 10.4. The summed E-state index contributed by atoms with van der Waals surface area (Å²) in [5, 5.41) is 3.33. The van der Waals surface area contributed by atoms with Crippen molar-refractivity contribution < 1.29 is 0 Å². The van der Waals surface area contributed by atoms with E-state index in [9.17, 15) is 0 Å². The average molecular weight is 231 g/mol. The van der Waals surface area contributed by atoms with Crippen LogP contribution in [0.4, 0.5) is 0 Å². The Morgan fingerprint density at radius 2 is 2.00 bits per heavy atom. The van der Waals surface area contributed by atoms with E-state index in [-0.39, 0.29) is 0 Å². The topological polar surface area (TPSA) is 12.9 Å². The molecule has 0 amide bonds. The Morgan fingerprint density at radius 1 is 1.25 bits per heavy atom. The van der Waals surface area contributed by atoms with E-state index in [0.29, 0.717) is 5.92 Å². The zero-order valence-electron chi connectivity index (χ0n) is 9.81. The molecular formula is C14H17NS. The lowest BCUT2D eigenvalue weighted by atomic mass is 10.0. The van der Waals surface area contributed by atoms with Gasteiger partial charge in [0.1, 0.15) is 5.01 Å². The fourth-order valence-electron chi connectivity index (χ4n) is 1.81. The van der Waals surface area contributed by atoms with E-state index >= 15 is 0 Å². The fraction of sp³-hybridized carbons (Fsp3) is 0.357. The minimum absolute atomic E-state index is 0.582. The highest BCUT2D eigenvalue weighted by atomic mass is 32.1. The van der Waals surface area contributed by atoms with Gasteiger partial charge in [-0.15, -0.1) is 11.3 Å². The monoisotopic (exact) mass is 231 g/mol. The Kier molecular flexibility index (Phi) is 3.73. The number of hydrogen-bond acceptors (Lipinski definition) is 2. The van der Waals surface area contributed by atoms with Crippen LogP contribution in [-0.2, 0) is 0 Å². The van der Waals surface area contributed by atoms with Gasteiger partial charge in [0.25, 0.3) is 0 Å². The number of benzene rings is 1. The molecule has 16 heavy (non-hydrogen) atoms. The Labute approximate surface area is 101 Å². The molecule has 2 heteroatoms. The van der Waals surface area contributed by atoms with Crippen molar-refractivity contribution in [2.45, 2.75) is 32.6 Å². The molecule has 1 aromatic carbocycles. The molecule has 0 saturated carbocycles. The molecule has 1 nitrogen and oxygen atoms in total. The molecule has 0 aliphatic carbocycles. The number of nitrogens with zero attached hydrogens (tertiary/aromatic N) is 1. The van der Waals surface area contributed by atoms with Crippen LogP contribution in [0.3, 0.4) is 0 Å². The summed E-state index contributed by atoms with van der Waals surface area (Å²) in [5.41, 5.74) is 2.47. The van der Waals surface area contributed by atoms with Gasteiger partial charge in [0.2, 0.25) is 0 Å². The number of thiazole rings is 1. The first-order valence-corrected chi connectivity index (χ1v) is 6.70. The highest BCUT2D eigenvalue weighted by molar-refractivity contribution is 7.13. The van der Waals surface area contributed by atoms with Crippen molar-refractivity contribution in [2.75, 3.05) is 0 Å². The van der Waals surface area contributed by atoms with Crippen molar-refractivity contribution in [3.63, 3.8) is 0 Å². The molecule has 0 radical (unpaired) electrons. The minimum Gasteiger partial charge on any atom is -0.241 e. The largest absolute Gasteiger partial charge is 0.241 e. The summed E-state index contributed by atoms with van der Waals surface area (Å²) in [4.78, 5) is 4.72. The third-order valence-corrected chi connectivity index (χ3v) is 3.68. The van der Waals surface area contributed by atoms with Gasteiger partial charge in [-0.2, -0.15) is 0 Å². The lowest BCUT2D eigenvalue weighted by Gasteiger charge is -2.05. The van der Waals surface area contributed by atoms with Gasteiger partial charge in [-0.3, -0.25) is 0 Å². The van der Waals surface area contributed by atoms with E-state index in [1.165, 1.54) is 24.1 Å². The quantitative estimate of drug-likeness (QED) is 0.742. The SMILES string of the molecule is CCCC(C)c1csc(-c2ccccc2)n1. The zero-order chi connectivity index (χ0) is 11.4. The van der Waals surface area contributed by atoms with E-state index in [1.54, 1.807) is 11.3 Å². The van der Waals surface area contributed by atoms with Gasteiger partial charge in [-0.1, -0.05) is 50.6 Å². The molecule has 1 heterocycles. The predicted octanol–water partition coefficient (Wildman–Crippen LogP) is 4.71. The molecule has 1 aromatic heterocycles. The van der Waals surface area contributed by atoms with E-state index in [1.807, 2.05) is 6.07 Å². The molecule has 2 aromatic rings. The highest BCUT2D eigenvalue weighted by Gasteiger charge is 2.09. The summed E-state index contributed by atoms with van der Waals surface area (Å²) in [6.45, 7) is 4.48. The van der Waals surface area contributed by atoms with Crippen LogP contribution in [0.2, 0.25) is 0 Å². The molecule has 84 valence electrons. The summed E-state index contributed by atoms with van der Waals surface area (Å²) in [6.07, 6.45) is 2.44. The summed E-state index contributed by atoms with van der Waals surface area (Å²) in [5.74, 6) is 0.582. The van der Waals surface area contributed by atoms with Crippen LogP contribution in [0.5, 0.6) is 0 Å². The van der Waals surface area contributed by atoms with Crippen molar-refractivity contribution in [2.24, 2.45) is 0 Å². The molecule has 0 aliphatic rings. The Morgan fingerprint density at radius 3 is 2.69 bits per heavy atom. The molecule has 1 atom stereocenters. The first-order valence-electron chi connectivity index (χ1n) is 5.82. The van der Waals surface area contributed by atoms with Gasteiger partial charge in [0, 0.05) is 10.9 Å². The molecule has 1 unspecified atom stereocenters. The Balaban J connectivity index is 2.20. The first kappa shape index (κ1) is 11.3. The normalized spacial score (nSPS) is 12.6. The Bertz CT molecular complexity index is 433. The summed E-state index contributed by atoms with van der Waals surface area (Å²) in [7, 11) is 0. The van der Waals surface area contributed by atoms with E-state index in [2.05, 4.69) is 43.5 Å². The van der Waals surface area contributed by atoms with E-state index in [0.717, 1.165) is 5.01 Å². The second-order valence-corrected chi connectivity index (χ2v) is 4.99. The van der Waals surface area contributed by atoms with Crippen molar-refractivity contribution in [3.05, 3.63) is 41.4 Å². The van der Waals surface area contributed by atoms with Crippen molar-refractivity contribution in [1.29, 1.82) is 0 Å². The van der Waals surface area contributed by atoms with Crippen LogP contribution in [0.25, 0.3) is 10.6 Å². The molecule has 0 fully saturated rings. The van der Waals surface area contributed by atoms with Crippen LogP contribution in [0, 0.1) is 0 Å². The summed E-state index contributed by atoms with van der Waals surface area (Å²) >= 11 is 1.75. The molecule has 0 N–H and O–H groups in total. The third kappa shape index (κ3) is 2.50. The average Bonchev–Trinajstić information content (AvgIpc) is 2.80. The molecule has 0 aliphatic heterocycles. The van der Waals surface area contributed by atoms with Gasteiger partial charge in [0.05, 0.1) is 5.69 Å².